The standard InChI is InChI=1S/C15H24N2O3S/c1-14-4-6-15(7-5-14)20-13-3-8-16-9-11-17(12-10-16)21(2,18)19/h4-7H,3,8-13H2,1-2H3. The summed E-state index contributed by atoms with van der Waals surface area (Å²) in [6, 6.07) is 8.06. The summed E-state index contributed by atoms with van der Waals surface area (Å²) >= 11 is 0. The lowest BCUT2D eigenvalue weighted by Crippen LogP contribution is -2.48. The van der Waals surface area contributed by atoms with E-state index in [1.54, 1.807) is 4.31 Å². The van der Waals surface area contributed by atoms with Crippen LogP contribution in [0.3, 0.4) is 0 Å². The van der Waals surface area contributed by atoms with Crippen molar-refractivity contribution in [1.82, 2.24) is 9.21 Å². The number of rotatable bonds is 6. The Balaban J connectivity index is 1.63. The van der Waals surface area contributed by atoms with Crippen LogP contribution in [-0.4, -0.2) is 63.2 Å². The van der Waals surface area contributed by atoms with Gasteiger partial charge in [0.05, 0.1) is 12.9 Å². The Hall–Kier alpha value is -1.11. The molecular weight excluding hydrogens is 288 g/mol. The quantitative estimate of drug-likeness (QED) is 0.744. The maximum atomic E-state index is 11.4. The largest absolute Gasteiger partial charge is 0.494 e. The summed E-state index contributed by atoms with van der Waals surface area (Å²) in [7, 11) is -3.03. The number of hydrogen-bond donors (Lipinski definition) is 0. The minimum Gasteiger partial charge on any atom is -0.494 e. The molecule has 0 spiro atoms. The van der Waals surface area contributed by atoms with E-state index in [0.717, 1.165) is 31.8 Å². The Bertz CT molecular complexity index is 535. The van der Waals surface area contributed by atoms with Crippen LogP contribution in [-0.2, 0) is 10.0 Å². The van der Waals surface area contributed by atoms with Gasteiger partial charge in [-0.15, -0.1) is 0 Å². The summed E-state index contributed by atoms with van der Waals surface area (Å²) in [5.74, 6) is 0.905. The number of sulfonamides is 1. The van der Waals surface area contributed by atoms with E-state index in [9.17, 15) is 8.42 Å². The van der Waals surface area contributed by atoms with Gasteiger partial charge in [0.15, 0.2) is 0 Å². The van der Waals surface area contributed by atoms with Crippen LogP contribution in [0, 0.1) is 6.92 Å². The molecule has 1 aliphatic rings. The van der Waals surface area contributed by atoms with E-state index < -0.39 is 10.0 Å². The first kappa shape index (κ1) is 16.3. The lowest BCUT2D eigenvalue weighted by atomic mass is 10.2. The van der Waals surface area contributed by atoms with Crippen molar-refractivity contribution in [2.45, 2.75) is 13.3 Å². The summed E-state index contributed by atoms with van der Waals surface area (Å²) in [6.45, 7) is 6.49. The highest BCUT2D eigenvalue weighted by atomic mass is 32.2. The first-order valence-corrected chi connectivity index (χ1v) is 9.17. The highest BCUT2D eigenvalue weighted by Gasteiger charge is 2.22. The second kappa shape index (κ2) is 7.24. The molecule has 1 aliphatic heterocycles. The van der Waals surface area contributed by atoms with Gasteiger partial charge in [0.2, 0.25) is 10.0 Å². The van der Waals surface area contributed by atoms with Gasteiger partial charge in [0, 0.05) is 32.7 Å². The van der Waals surface area contributed by atoms with Crippen LogP contribution in [0.25, 0.3) is 0 Å². The van der Waals surface area contributed by atoms with Crippen molar-refractivity contribution in [3.05, 3.63) is 29.8 Å². The molecule has 0 unspecified atom stereocenters. The van der Waals surface area contributed by atoms with E-state index in [2.05, 4.69) is 11.8 Å². The normalized spacial score (nSPS) is 17.8. The molecule has 0 atom stereocenters. The molecule has 0 bridgehead atoms. The molecule has 6 heteroatoms. The lowest BCUT2D eigenvalue weighted by molar-refractivity contribution is 0.175. The molecule has 1 fully saturated rings. The van der Waals surface area contributed by atoms with Gasteiger partial charge in [-0.1, -0.05) is 17.7 Å². The number of hydrogen-bond acceptors (Lipinski definition) is 4. The summed E-state index contributed by atoms with van der Waals surface area (Å²) in [5, 5.41) is 0. The Kier molecular flexibility index (Phi) is 5.61. The smallest absolute Gasteiger partial charge is 0.211 e. The molecule has 21 heavy (non-hydrogen) atoms. The van der Waals surface area contributed by atoms with Crippen LogP contribution >= 0.6 is 0 Å². The van der Waals surface area contributed by atoms with Crippen LogP contribution in [0.5, 0.6) is 5.75 Å². The van der Waals surface area contributed by atoms with Crippen LogP contribution < -0.4 is 4.74 Å². The second-order valence-corrected chi connectivity index (χ2v) is 7.50. The molecule has 0 aliphatic carbocycles. The first-order chi connectivity index (χ1) is 9.95. The summed E-state index contributed by atoms with van der Waals surface area (Å²) < 4.78 is 30.1. The summed E-state index contributed by atoms with van der Waals surface area (Å²) in [5.41, 5.74) is 1.23. The molecule has 0 N–H and O–H groups in total. The van der Waals surface area contributed by atoms with Crippen LogP contribution in [0.2, 0.25) is 0 Å². The third kappa shape index (κ3) is 5.30. The predicted molar refractivity (Wildman–Crippen MR) is 84.1 cm³/mol. The van der Waals surface area contributed by atoms with Crippen molar-refractivity contribution >= 4 is 10.0 Å². The molecule has 0 amide bonds. The Labute approximate surface area is 127 Å². The number of piperazine rings is 1. The Morgan fingerprint density at radius 3 is 2.29 bits per heavy atom. The number of aryl methyl sites for hydroxylation is 1. The Morgan fingerprint density at radius 2 is 1.71 bits per heavy atom. The zero-order chi connectivity index (χ0) is 15.3. The molecule has 0 saturated carbocycles. The molecule has 5 nitrogen and oxygen atoms in total. The number of ether oxygens (including phenoxy) is 1. The molecule has 0 aromatic heterocycles. The van der Waals surface area contributed by atoms with Crippen molar-refractivity contribution < 1.29 is 13.2 Å². The fourth-order valence-corrected chi connectivity index (χ4v) is 3.22. The van der Waals surface area contributed by atoms with Gasteiger partial charge in [-0.05, 0) is 25.5 Å². The molecule has 2 rings (SSSR count). The van der Waals surface area contributed by atoms with Crippen molar-refractivity contribution in [2.24, 2.45) is 0 Å². The summed E-state index contributed by atoms with van der Waals surface area (Å²) in [4.78, 5) is 2.29. The molecule has 1 saturated heterocycles. The highest BCUT2D eigenvalue weighted by molar-refractivity contribution is 7.88. The fraction of sp³-hybridized carbons (Fsp3) is 0.600. The van der Waals surface area contributed by atoms with E-state index in [4.69, 9.17) is 4.74 Å². The zero-order valence-corrected chi connectivity index (χ0v) is 13.6. The monoisotopic (exact) mass is 312 g/mol. The first-order valence-electron chi connectivity index (χ1n) is 7.32. The third-order valence-corrected chi connectivity index (χ3v) is 5.01. The van der Waals surface area contributed by atoms with Gasteiger partial charge in [-0.2, -0.15) is 4.31 Å². The molecule has 1 aromatic carbocycles. The second-order valence-electron chi connectivity index (χ2n) is 5.52. The van der Waals surface area contributed by atoms with Gasteiger partial charge in [0.25, 0.3) is 0 Å². The van der Waals surface area contributed by atoms with E-state index >= 15 is 0 Å². The zero-order valence-electron chi connectivity index (χ0n) is 12.8. The fourth-order valence-electron chi connectivity index (χ4n) is 2.40. The molecule has 1 aromatic rings. The van der Waals surface area contributed by atoms with Crippen molar-refractivity contribution in [3.63, 3.8) is 0 Å². The van der Waals surface area contributed by atoms with E-state index in [1.165, 1.54) is 11.8 Å². The van der Waals surface area contributed by atoms with Crippen LogP contribution in [0.15, 0.2) is 24.3 Å². The van der Waals surface area contributed by atoms with Gasteiger partial charge >= 0.3 is 0 Å². The van der Waals surface area contributed by atoms with Crippen LogP contribution in [0.1, 0.15) is 12.0 Å². The SMILES string of the molecule is Cc1ccc(OCCCN2CCN(S(C)(=O)=O)CC2)cc1. The van der Waals surface area contributed by atoms with Gasteiger partial charge in [0.1, 0.15) is 5.75 Å². The molecular formula is C15H24N2O3S. The van der Waals surface area contributed by atoms with E-state index in [0.29, 0.717) is 19.7 Å². The summed E-state index contributed by atoms with van der Waals surface area (Å²) in [6.07, 6.45) is 2.23. The van der Waals surface area contributed by atoms with Crippen molar-refractivity contribution in [2.75, 3.05) is 45.6 Å². The topological polar surface area (TPSA) is 49.9 Å². The van der Waals surface area contributed by atoms with E-state index in [-0.39, 0.29) is 0 Å². The van der Waals surface area contributed by atoms with Gasteiger partial charge in [-0.3, -0.25) is 0 Å². The third-order valence-electron chi connectivity index (χ3n) is 3.71. The van der Waals surface area contributed by atoms with Crippen molar-refractivity contribution in [3.8, 4) is 5.75 Å². The molecule has 1 heterocycles. The maximum Gasteiger partial charge on any atom is 0.211 e. The van der Waals surface area contributed by atoms with Crippen molar-refractivity contribution in [1.29, 1.82) is 0 Å². The maximum absolute atomic E-state index is 11.4. The highest BCUT2D eigenvalue weighted by Crippen LogP contribution is 2.12. The Morgan fingerprint density at radius 1 is 1.10 bits per heavy atom. The van der Waals surface area contributed by atoms with Crippen LogP contribution in [0.4, 0.5) is 0 Å². The molecule has 0 radical (unpaired) electrons. The minimum atomic E-state index is -3.03. The average molecular weight is 312 g/mol. The number of benzene rings is 1. The average Bonchev–Trinajstić information content (AvgIpc) is 2.45. The van der Waals surface area contributed by atoms with E-state index in [1.807, 2.05) is 24.3 Å². The molecule has 118 valence electrons. The van der Waals surface area contributed by atoms with Gasteiger partial charge in [-0.25, -0.2) is 8.42 Å². The number of nitrogens with zero attached hydrogens (tertiary/aromatic N) is 2. The minimum absolute atomic E-state index is 0.595. The lowest BCUT2D eigenvalue weighted by Gasteiger charge is -2.33. The van der Waals surface area contributed by atoms with Gasteiger partial charge < -0.3 is 9.64 Å². The predicted octanol–water partition coefficient (Wildman–Crippen LogP) is 1.34.